The first-order valence-electron chi connectivity index (χ1n) is 6.95. The second kappa shape index (κ2) is 5.55. The monoisotopic (exact) mass is 315 g/mol. The lowest BCUT2D eigenvalue weighted by Crippen LogP contribution is -2.21. The Morgan fingerprint density at radius 1 is 1.33 bits per heavy atom. The number of allylic oxidation sites excluding steroid dienone is 1. The smallest absolute Gasteiger partial charge is 0.421 e. The molecule has 0 aliphatic carbocycles. The third kappa shape index (κ3) is 3.05. The Labute approximate surface area is 125 Å². The molecule has 1 aromatic rings. The summed E-state index contributed by atoms with van der Waals surface area (Å²) in [6, 6.07) is 1.17. The van der Waals surface area contributed by atoms with Crippen molar-refractivity contribution in [1.82, 2.24) is 4.98 Å². The van der Waals surface area contributed by atoms with Crippen molar-refractivity contribution >= 4 is 17.3 Å². The standard InChI is InChI=1S/C15H16F3NOS/c1-20-14-13(15(16,17)18)7-10(8-19-14)9-5-11-3-2-4-12(6-9)21-11/h5,7-8,11-12H,2-4,6H2,1H3. The summed E-state index contributed by atoms with van der Waals surface area (Å²) in [5.41, 5.74) is 0.760. The van der Waals surface area contributed by atoms with Gasteiger partial charge in [0.1, 0.15) is 5.56 Å². The molecule has 21 heavy (non-hydrogen) atoms. The second-order valence-electron chi connectivity index (χ2n) is 5.40. The van der Waals surface area contributed by atoms with Crippen LogP contribution in [0.3, 0.4) is 0 Å². The molecule has 6 heteroatoms. The predicted octanol–water partition coefficient (Wildman–Crippen LogP) is 4.55. The Hall–Kier alpha value is -1.17. The lowest BCUT2D eigenvalue weighted by Gasteiger charge is -2.33. The maximum atomic E-state index is 13.1. The van der Waals surface area contributed by atoms with Gasteiger partial charge in [-0.3, -0.25) is 0 Å². The van der Waals surface area contributed by atoms with E-state index in [0.717, 1.165) is 24.8 Å². The second-order valence-corrected chi connectivity index (χ2v) is 6.95. The van der Waals surface area contributed by atoms with Gasteiger partial charge in [0.2, 0.25) is 5.88 Å². The van der Waals surface area contributed by atoms with Gasteiger partial charge in [0.05, 0.1) is 7.11 Å². The van der Waals surface area contributed by atoms with Crippen LogP contribution in [0.1, 0.15) is 36.8 Å². The van der Waals surface area contributed by atoms with Crippen LogP contribution in [0.4, 0.5) is 13.2 Å². The van der Waals surface area contributed by atoms with Crippen molar-refractivity contribution in [2.45, 2.75) is 42.4 Å². The van der Waals surface area contributed by atoms with E-state index in [1.54, 1.807) is 0 Å². The fourth-order valence-corrected chi connectivity index (χ4v) is 4.57. The number of halogens is 3. The highest BCUT2D eigenvalue weighted by atomic mass is 32.2. The molecule has 2 atom stereocenters. The van der Waals surface area contributed by atoms with Crippen molar-refractivity contribution in [1.29, 1.82) is 0 Å². The summed E-state index contributed by atoms with van der Waals surface area (Å²) < 4.78 is 43.9. The van der Waals surface area contributed by atoms with Gasteiger partial charge >= 0.3 is 6.18 Å². The van der Waals surface area contributed by atoms with Crippen LogP contribution in [-0.4, -0.2) is 22.6 Å². The summed E-state index contributed by atoms with van der Waals surface area (Å²) >= 11 is 1.95. The van der Waals surface area contributed by atoms with Crippen molar-refractivity contribution in [2.75, 3.05) is 7.11 Å². The molecule has 3 rings (SSSR count). The van der Waals surface area contributed by atoms with Gasteiger partial charge < -0.3 is 4.74 Å². The van der Waals surface area contributed by atoms with Crippen LogP contribution in [0.15, 0.2) is 18.3 Å². The van der Waals surface area contributed by atoms with Crippen LogP contribution in [-0.2, 0) is 6.18 Å². The Bertz CT molecular complexity index is 571. The van der Waals surface area contributed by atoms with Crippen molar-refractivity contribution < 1.29 is 17.9 Å². The molecule has 2 aliphatic rings. The first-order valence-corrected chi connectivity index (χ1v) is 7.89. The van der Waals surface area contributed by atoms with Crippen LogP contribution in [0, 0.1) is 0 Å². The number of aromatic nitrogens is 1. The number of thioether (sulfide) groups is 1. The van der Waals surface area contributed by atoms with Gasteiger partial charge in [0.15, 0.2) is 0 Å². The minimum absolute atomic E-state index is 0.364. The quantitative estimate of drug-likeness (QED) is 0.799. The fraction of sp³-hybridized carbons (Fsp3) is 0.533. The molecule has 2 nitrogen and oxygen atoms in total. The molecule has 2 aliphatic heterocycles. The van der Waals surface area contributed by atoms with Crippen LogP contribution < -0.4 is 4.74 Å². The number of alkyl halides is 3. The molecule has 3 heterocycles. The van der Waals surface area contributed by atoms with E-state index in [0.29, 0.717) is 16.1 Å². The van der Waals surface area contributed by atoms with Crippen LogP contribution in [0.2, 0.25) is 0 Å². The Morgan fingerprint density at radius 2 is 2.14 bits per heavy atom. The maximum Gasteiger partial charge on any atom is 0.421 e. The predicted molar refractivity (Wildman–Crippen MR) is 77.4 cm³/mol. The molecule has 2 bridgehead atoms. The molecule has 0 spiro atoms. The molecular weight excluding hydrogens is 299 g/mol. The van der Waals surface area contributed by atoms with E-state index in [2.05, 4.69) is 11.1 Å². The number of pyridine rings is 1. The van der Waals surface area contributed by atoms with Gasteiger partial charge in [0.25, 0.3) is 0 Å². The molecule has 0 saturated carbocycles. The van der Waals surface area contributed by atoms with E-state index in [1.807, 2.05) is 11.8 Å². The van der Waals surface area contributed by atoms with Crippen molar-refractivity contribution in [3.8, 4) is 5.88 Å². The van der Waals surface area contributed by atoms with Crippen LogP contribution >= 0.6 is 11.8 Å². The van der Waals surface area contributed by atoms with Gasteiger partial charge in [-0.1, -0.05) is 12.5 Å². The van der Waals surface area contributed by atoms with E-state index >= 15 is 0 Å². The van der Waals surface area contributed by atoms with E-state index in [4.69, 9.17) is 4.74 Å². The van der Waals surface area contributed by atoms with Crippen LogP contribution in [0.25, 0.3) is 5.57 Å². The van der Waals surface area contributed by atoms with Crippen molar-refractivity contribution in [3.63, 3.8) is 0 Å². The van der Waals surface area contributed by atoms with E-state index < -0.39 is 11.7 Å². The topological polar surface area (TPSA) is 22.1 Å². The molecule has 0 amide bonds. The molecular formula is C15H16F3NOS. The zero-order valence-corrected chi connectivity index (χ0v) is 12.4. The number of nitrogens with zero attached hydrogens (tertiary/aromatic N) is 1. The summed E-state index contributed by atoms with van der Waals surface area (Å²) in [5.74, 6) is -0.364. The summed E-state index contributed by atoms with van der Waals surface area (Å²) in [4.78, 5) is 3.84. The van der Waals surface area contributed by atoms with Gasteiger partial charge in [-0.2, -0.15) is 24.9 Å². The number of fused-ring (bicyclic) bond motifs is 2. The highest BCUT2D eigenvalue weighted by molar-refractivity contribution is 8.00. The summed E-state index contributed by atoms with van der Waals surface area (Å²) in [6.45, 7) is 0. The summed E-state index contributed by atoms with van der Waals surface area (Å²) in [6.07, 6.45) is 3.45. The third-order valence-electron chi connectivity index (χ3n) is 3.94. The first kappa shape index (κ1) is 14.8. The average molecular weight is 315 g/mol. The average Bonchev–Trinajstić information content (AvgIpc) is 2.45. The van der Waals surface area contributed by atoms with Gasteiger partial charge in [-0.15, -0.1) is 0 Å². The Morgan fingerprint density at radius 3 is 2.81 bits per heavy atom. The molecule has 114 valence electrons. The zero-order valence-electron chi connectivity index (χ0n) is 11.6. The SMILES string of the molecule is COc1ncc(C2=CC3CCCC(C2)S3)cc1C(F)(F)F. The molecule has 0 N–H and O–H groups in total. The highest BCUT2D eigenvalue weighted by Gasteiger charge is 2.36. The minimum Gasteiger partial charge on any atom is -0.481 e. The fourth-order valence-electron chi connectivity index (χ4n) is 2.95. The van der Waals surface area contributed by atoms with E-state index in [9.17, 15) is 13.2 Å². The summed E-state index contributed by atoms with van der Waals surface area (Å²) in [5, 5.41) is 0.962. The number of hydrogen-bond donors (Lipinski definition) is 0. The largest absolute Gasteiger partial charge is 0.481 e. The highest BCUT2D eigenvalue weighted by Crippen LogP contribution is 2.44. The normalized spacial score (nSPS) is 25.4. The van der Waals surface area contributed by atoms with Gasteiger partial charge in [-0.25, -0.2) is 4.98 Å². The Kier molecular flexibility index (Phi) is 3.90. The van der Waals surface area contributed by atoms with Gasteiger partial charge in [0, 0.05) is 16.7 Å². The van der Waals surface area contributed by atoms with Gasteiger partial charge in [-0.05, 0) is 36.5 Å². The number of hydrogen-bond acceptors (Lipinski definition) is 3. The van der Waals surface area contributed by atoms with Crippen molar-refractivity contribution in [3.05, 3.63) is 29.5 Å². The third-order valence-corrected chi connectivity index (χ3v) is 5.45. The minimum atomic E-state index is -4.45. The number of ether oxygens (including phenoxy) is 1. The Balaban J connectivity index is 1.98. The number of methoxy groups -OCH3 is 1. The molecule has 1 saturated heterocycles. The van der Waals surface area contributed by atoms with Crippen molar-refractivity contribution in [2.24, 2.45) is 0 Å². The van der Waals surface area contributed by atoms with E-state index in [-0.39, 0.29) is 5.88 Å². The molecule has 1 aromatic heterocycles. The first-order chi connectivity index (χ1) is 9.97. The molecule has 2 unspecified atom stereocenters. The lowest BCUT2D eigenvalue weighted by molar-refractivity contribution is -0.139. The summed E-state index contributed by atoms with van der Waals surface area (Å²) in [7, 11) is 1.21. The van der Waals surface area contributed by atoms with Crippen LogP contribution in [0.5, 0.6) is 5.88 Å². The zero-order chi connectivity index (χ0) is 15.0. The lowest BCUT2D eigenvalue weighted by atomic mass is 9.93. The molecule has 0 radical (unpaired) electrons. The van der Waals surface area contributed by atoms with E-state index in [1.165, 1.54) is 25.8 Å². The number of rotatable bonds is 2. The molecule has 0 aromatic carbocycles. The molecule has 1 fully saturated rings. The maximum absolute atomic E-state index is 13.1.